The van der Waals surface area contributed by atoms with E-state index in [9.17, 15) is 20.1 Å². The van der Waals surface area contributed by atoms with Gasteiger partial charge in [0.25, 0.3) is 11.5 Å². The van der Waals surface area contributed by atoms with Crippen LogP contribution in [0.1, 0.15) is 6.23 Å². The quantitative estimate of drug-likeness (QED) is 0.278. The molecule has 0 bridgehead atoms. The number of hydrogen-bond donors (Lipinski definition) is 5. The van der Waals surface area contributed by atoms with E-state index in [4.69, 9.17) is 10.5 Å². The number of aliphatic hydroxyl groups is 3. The van der Waals surface area contributed by atoms with Crippen molar-refractivity contribution >= 4 is 39.7 Å². The number of fused-ring (bicyclic) bond motifs is 2. The second kappa shape index (κ2) is 7.72. The molecule has 0 saturated carbocycles. The van der Waals surface area contributed by atoms with Gasteiger partial charge in [-0.2, -0.15) is 4.98 Å². The zero-order chi connectivity index (χ0) is 22.4. The van der Waals surface area contributed by atoms with Crippen LogP contribution in [0.25, 0.3) is 22.1 Å². The van der Waals surface area contributed by atoms with Gasteiger partial charge in [-0.25, -0.2) is 4.98 Å². The zero-order valence-corrected chi connectivity index (χ0v) is 16.4. The Morgan fingerprint density at radius 3 is 2.81 bits per heavy atom. The van der Waals surface area contributed by atoms with Crippen LogP contribution in [-0.2, 0) is 4.74 Å². The average molecular weight is 438 g/mol. The third-order valence-electron chi connectivity index (χ3n) is 5.16. The van der Waals surface area contributed by atoms with Gasteiger partial charge in [0, 0.05) is 11.6 Å². The number of ether oxygens (including phenoxy) is 1. The topological polar surface area (TPSA) is 197 Å². The van der Waals surface area contributed by atoms with E-state index in [1.807, 2.05) is 6.07 Å². The van der Waals surface area contributed by atoms with Crippen molar-refractivity contribution in [1.82, 2.24) is 24.5 Å². The summed E-state index contributed by atoms with van der Waals surface area (Å²) >= 11 is 0. The van der Waals surface area contributed by atoms with Gasteiger partial charge in [0.05, 0.1) is 17.8 Å². The molecule has 164 valence electrons. The number of azo groups is 1. The van der Waals surface area contributed by atoms with Crippen LogP contribution in [-0.4, -0.2) is 64.7 Å². The third-order valence-corrected chi connectivity index (χ3v) is 5.16. The van der Waals surface area contributed by atoms with Crippen LogP contribution >= 0.6 is 0 Å². The monoisotopic (exact) mass is 438 g/mol. The zero-order valence-electron chi connectivity index (χ0n) is 16.4. The Morgan fingerprint density at radius 2 is 2.03 bits per heavy atom. The molecule has 5 rings (SSSR count). The Bertz CT molecular complexity index is 1400. The number of hydrogen-bond acceptors (Lipinski definition) is 11. The van der Waals surface area contributed by atoms with E-state index in [-0.39, 0.29) is 23.1 Å². The largest absolute Gasteiger partial charge is 0.394 e. The van der Waals surface area contributed by atoms with Gasteiger partial charge in [-0.15, -0.1) is 10.2 Å². The highest BCUT2D eigenvalue weighted by Crippen LogP contribution is 2.35. The highest BCUT2D eigenvalue weighted by Gasteiger charge is 2.45. The van der Waals surface area contributed by atoms with Crippen molar-refractivity contribution in [2.75, 3.05) is 12.3 Å². The van der Waals surface area contributed by atoms with Crippen molar-refractivity contribution in [3.05, 3.63) is 46.9 Å². The second-order valence-corrected chi connectivity index (χ2v) is 7.21. The van der Waals surface area contributed by atoms with Gasteiger partial charge in [-0.3, -0.25) is 19.3 Å². The fraction of sp³-hybridized carbons (Fsp3) is 0.263. The van der Waals surface area contributed by atoms with Gasteiger partial charge in [0.2, 0.25) is 5.95 Å². The maximum atomic E-state index is 12.3. The lowest BCUT2D eigenvalue weighted by atomic mass is 10.1. The fourth-order valence-electron chi connectivity index (χ4n) is 3.62. The lowest BCUT2D eigenvalue weighted by molar-refractivity contribution is -0.0503. The summed E-state index contributed by atoms with van der Waals surface area (Å²) in [6, 6.07) is 8.94. The summed E-state index contributed by atoms with van der Waals surface area (Å²) in [6.45, 7) is -0.528. The van der Waals surface area contributed by atoms with Crippen LogP contribution in [0.2, 0.25) is 0 Å². The summed E-state index contributed by atoms with van der Waals surface area (Å²) in [5.41, 5.74) is 6.22. The number of anilines is 1. The minimum atomic E-state index is -1.45. The Hall–Kier alpha value is -3.78. The lowest BCUT2D eigenvalue weighted by Gasteiger charge is -2.17. The van der Waals surface area contributed by atoms with E-state index in [1.54, 1.807) is 30.5 Å². The molecule has 13 nitrogen and oxygen atoms in total. The molecule has 0 radical (unpaired) electrons. The minimum absolute atomic E-state index is 0.0160. The van der Waals surface area contributed by atoms with Gasteiger partial charge in [-0.05, 0) is 24.3 Å². The number of rotatable bonds is 4. The van der Waals surface area contributed by atoms with Crippen molar-refractivity contribution in [1.29, 1.82) is 0 Å². The van der Waals surface area contributed by atoms with Crippen molar-refractivity contribution in [3.8, 4) is 0 Å². The first kappa shape index (κ1) is 20.1. The number of nitrogens with one attached hydrogen (secondary N) is 1. The number of benzene rings is 1. The summed E-state index contributed by atoms with van der Waals surface area (Å²) in [4.78, 5) is 27.2. The van der Waals surface area contributed by atoms with Crippen molar-refractivity contribution in [3.63, 3.8) is 0 Å². The first-order chi connectivity index (χ1) is 15.5. The molecule has 0 amide bonds. The number of imidazole rings is 1. The summed E-state index contributed by atoms with van der Waals surface area (Å²) in [6.07, 6.45) is -3.43. The van der Waals surface area contributed by atoms with Gasteiger partial charge >= 0.3 is 0 Å². The summed E-state index contributed by atoms with van der Waals surface area (Å²) < 4.78 is 6.81. The standard InChI is InChI=1S/C19H18N8O5/c20-18-23-15-12(16(31)24-18)22-19(27(15)17-14(30)13(29)11(7-28)32-17)26-25-9-3-4-10-8(6-9)2-1-5-21-10/h1-6,11,13-14,17,28-30H,7H2,(H3,20,23,24,31)/t11-,13?,14?,17-/m1/s1. The molecule has 1 saturated heterocycles. The number of nitrogens with zero attached hydrogens (tertiary/aromatic N) is 6. The summed E-state index contributed by atoms with van der Waals surface area (Å²) in [5.74, 6) is -0.286. The van der Waals surface area contributed by atoms with Crippen molar-refractivity contribution in [2.45, 2.75) is 24.5 Å². The van der Waals surface area contributed by atoms with Crippen LogP contribution in [0.5, 0.6) is 0 Å². The molecule has 1 aromatic carbocycles. The number of aromatic nitrogens is 5. The molecule has 13 heteroatoms. The van der Waals surface area contributed by atoms with Gasteiger partial charge in [-0.1, -0.05) is 6.07 Å². The molecule has 4 heterocycles. The maximum Gasteiger partial charge on any atom is 0.280 e. The molecule has 3 aromatic heterocycles. The SMILES string of the molecule is Nc1nc2c(nc(N=Nc3ccc4ncccc4c3)n2[C@@H]2O[C@H](CO)C(O)C2O)c(=O)[nH]1. The van der Waals surface area contributed by atoms with Gasteiger partial charge in [0.15, 0.2) is 17.4 Å². The van der Waals surface area contributed by atoms with E-state index in [0.717, 1.165) is 10.9 Å². The molecule has 32 heavy (non-hydrogen) atoms. The van der Waals surface area contributed by atoms with Crippen LogP contribution in [0.3, 0.4) is 0 Å². The molecule has 6 N–H and O–H groups in total. The smallest absolute Gasteiger partial charge is 0.280 e. The van der Waals surface area contributed by atoms with Crippen molar-refractivity contribution < 1.29 is 20.1 Å². The van der Waals surface area contributed by atoms with E-state index in [1.165, 1.54) is 4.57 Å². The molecular weight excluding hydrogens is 420 g/mol. The molecule has 0 aliphatic carbocycles. The number of nitrogens with two attached hydrogens (primary N) is 1. The second-order valence-electron chi connectivity index (χ2n) is 7.21. The predicted molar refractivity (Wildman–Crippen MR) is 111 cm³/mol. The average Bonchev–Trinajstić information content (AvgIpc) is 3.29. The summed E-state index contributed by atoms with van der Waals surface area (Å²) in [5, 5.41) is 39.3. The van der Waals surface area contributed by atoms with Gasteiger partial charge < -0.3 is 25.8 Å². The van der Waals surface area contributed by atoms with E-state index in [2.05, 4.69) is 30.2 Å². The number of H-pyrrole nitrogens is 1. The van der Waals surface area contributed by atoms with Crippen LogP contribution in [0.15, 0.2) is 51.6 Å². The number of aromatic amines is 1. The van der Waals surface area contributed by atoms with E-state index in [0.29, 0.717) is 5.69 Å². The fourth-order valence-corrected chi connectivity index (χ4v) is 3.62. The molecule has 0 spiro atoms. The molecule has 1 fully saturated rings. The molecule has 1 aliphatic heterocycles. The first-order valence-corrected chi connectivity index (χ1v) is 9.63. The van der Waals surface area contributed by atoms with Crippen molar-refractivity contribution in [2.24, 2.45) is 10.2 Å². The molecule has 4 atom stereocenters. The Labute approximate surface area is 178 Å². The maximum absolute atomic E-state index is 12.3. The normalized spacial score (nSPS) is 23.6. The molecule has 2 unspecified atom stereocenters. The Kier molecular flexibility index (Phi) is 4.86. The third kappa shape index (κ3) is 3.29. The van der Waals surface area contributed by atoms with Crippen LogP contribution in [0, 0.1) is 0 Å². The minimum Gasteiger partial charge on any atom is -0.394 e. The van der Waals surface area contributed by atoms with Crippen LogP contribution in [0.4, 0.5) is 17.6 Å². The van der Waals surface area contributed by atoms with Crippen LogP contribution < -0.4 is 11.3 Å². The highest BCUT2D eigenvalue weighted by atomic mass is 16.6. The molecule has 1 aliphatic rings. The number of nitrogen functional groups attached to an aromatic ring is 1. The Balaban J connectivity index is 1.63. The van der Waals surface area contributed by atoms with E-state index >= 15 is 0 Å². The number of aliphatic hydroxyl groups excluding tert-OH is 3. The number of pyridine rings is 1. The molecular formula is C19H18N8O5. The lowest BCUT2D eigenvalue weighted by Crippen LogP contribution is -2.33. The first-order valence-electron chi connectivity index (χ1n) is 9.63. The summed E-state index contributed by atoms with van der Waals surface area (Å²) in [7, 11) is 0. The highest BCUT2D eigenvalue weighted by molar-refractivity contribution is 5.81. The molecule has 4 aromatic rings. The Morgan fingerprint density at radius 1 is 1.19 bits per heavy atom. The van der Waals surface area contributed by atoms with E-state index < -0.39 is 36.7 Å². The van der Waals surface area contributed by atoms with Gasteiger partial charge in [0.1, 0.15) is 18.3 Å². The predicted octanol–water partition coefficient (Wildman–Crippen LogP) is 0.277.